The molecule has 1 aliphatic heterocycles. The van der Waals surface area contributed by atoms with Gasteiger partial charge in [-0.25, -0.2) is 4.98 Å². The average molecular weight is 317 g/mol. The van der Waals surface area contributed by atoms with Crippen LogP contribution < -0.4 is 10.6 Å². The Bertz CT molecular complexity index is 584. The predicted octanol–water partition coefficient (Wildman–Crippen LogP) is 1.83. The summed E-state index contributed by atoms with van der Waals surface area (Å²) in [5, 5.41) is 5.60. The predicted molar refractivity (Wildman–Crippen MR) is 86.0 cm³/mol. The minimum Gasteiger partial charge on any atom is -0.381 e. The van der Waals surface area contributed by atoms with Crippen LogP contribution in [-0.2, 0) is 9.53 Å². The van der Waals surface area contributed by atoms with E-state index in [-0.39, 0.29) is 17.5 Å². The molecule has 2 N–H and O–H groups in total. The molecule has 1 aromatic rings. The van der Waals surface area contributed by atoms with E-state index in [1.165, 1.54) is 13.3 Å². The zero-order valence-electron chi connectivity index (χ0n) is 13.4. The highest BCUT2D eigenvalue weighted by atomic mass is 16.5. The fraction of sp³-hybridized carbons (Fsp3) is 0.588. The maximum Gasteiger partial charge on any atom is 0.272 e. The molecule has 1 saturated heterocycles. The van der Waals surface area contributed by atoms with Gasteiger partial charge in [0.2, 0.25) is 5.91 Å². The van der Waals surface area contributed by atoms with E-state index < -0.39 is 0 Å². The lowest BCUT2D eigenvalue weighted by Gasteiger charge is -2.22. The van der Waals surface area contributed by atoms with Crippen LogP contribution in [0.5, 0.6) is 0 Å². The fourth-order valence-electron chi connectivity index (χ4n) is 3.41. The van der Waals surface area contributed by atoms with Gasteiger partial charge >= 0.3 is 0 Å². The van der Waals surface area contributed by atoms with Gasteiger partial charge in [-0.1, -0.05) is 0 Å². The lowest BCUT2D eigenvalue weighted by Crippen LogP contribution is -2.29. The molecule has 0 unspecified atom stereocenters. The van der Waals surface area contributed by atoms with Gasteiger partial charge in [0.15, 0.2) is 5.69 Å². The summed E-state index contributed by atoms with van der Waals surface area (Å²) in [6, 6.07) is 3.38. The molecule has 0 bridgehead atoms. The average Bonchev–Trinajstić information content (AvgIpc) is 3.33. The Kier molecular flexibility index (Phi) is 4.91. The van der Waals surface area contributed by atoms with Gasteiger partial charge in [0, 0.05) is 32.9 Å². The van der Waals surface area contributed by atoms with Crippen molar-refractivity contribution in [2.45, 2.75) is 26.2 Å². The number of amides is 2. The summed E-state index contributed by atoms with van der Waals surface area (Å²) in [6.45, 7) is 3.83. The first-order valence-electron chi connectivity index (χ1n) is 8.23. The molecule has 2 fully saturated rings. The number of aromatic nitrogens is 1. The van der Waals surface area contributed by atoms with Crippen LogP contribution in [0.3, 0.4) is 0 Å². The van der Waals surface area contributed by atoms with E-state index in [4.69, 9.17) is 4.74 Å². The maximum absolute atomic E-state index is 12.3. The zero-order valence-corrected chi connectivity index (χ0v) is 13.4. The quantitative estimate of drug-likeness (QED) is 0.868. The molecule has 124 valence electrons. The second kappa shape index (κ2) is 7.08. The van der Waals surface area contributed by atoms with Crippen molar-refractivity contribution in [2.75, 3.05) is 25.1 Å². The number of hydrogen-bond donors (Lipinski definition) is 2. The third-order valence-electron chi connectivity index (χ3n) is 4.71. The summed E-state index contributed by atoms with van der Waals surface area (Å²) in [5.41, 5.74) is 0.722. The third kappa shape index (κ3) is 4.07. The van der Waals surface area contributed by atoms with Crippen molar-refractivity contribution in [1.29, 1.82) is 0 Å². The minimum absolute atomic E-state index is 0.214. The van der Waals surface area contributed by atoms with E-state index in [2.05, 4.69) is 15.6 Å². The molecule has 1 aromatic heterocycles. The number of rotatable bonds is 5. The first kappa shape index (κ1) is 15.9. The van der Waals surface area contributed by atoms with Gasteiger partial charge in [-0.2, -0.15) is 0 Å². The molecule has 2 aliphatic rings. The Morgan fingerprint density at radius 2 is 2.13 bits per heavy atom. The molecule has 2 amide bonds. The molecule has 0 spiro atoms. The smallest absolute Gasteiger partial charge is 0.272 e. The first-order valence-corrected chi connectivity index (χ1v) is 8.23. The van der Waals surface area contributed by atoms with Gasteiger partial charge in [0.1, 0.15) is 0 Å². The lowest BCUT2D eigenvalue weighted by atomic mass is 9.93. The van der Waals surface area contributed by atoms with Gasteiger partial charge in [0.25, 0.3) is 5.91 Å². The number of nitrogens with zero attached hydrogens (tertiary/aromatic N) is 1. The molecule has 2 heterocycles. The second-order valence-corrected chi connectivity index (χ2v) is 6.40. The van der Waals surface area contributed by atoms with Gasteiger partial charge in [0.05, 0.1) is 5.69 Å². The van der Waals surface area contributed by atoms with Crippen molar-refractivity contribution in [1.82, 2.24) is 10.3 Å². The summed E-state index contributed by atoms with van der Waals surface area (Å²) in [7, 11) is 0. The monoisotopic (exact) mass is 317 g/mol. The van der Waals surface area contributed by atoms with Gasteiger partial charge in [-0.3, -0.25) is 9.59 Å². The Balaban J connectivity index is 1.51. The summed E-state index contributed by atoms with van der Waals surface area (Å²) in [6.07, 6.45) is 5.03. The molecule has 0 radical (unpaired) electrons. The topological polar surface area (TPSA) is 80.3 Å². The highest BCUT2D eigenvalue weighted by Gasteiger charge is 2.42. The van der Waals surface area contributed by atoms with Crippen molar-refractivity contribution in [3.8, 4) is 0 Å². The number of carbonyl (C=O) groups excluding carboxylic acids is 2. The van der Waals surface area contributed by atoms with Crippen LogP contribution in [0, 0.1) is 17.8 Å². The van der Waals surface area contributed by atoms with Crippen molar-refractivity contribution >= 4 is 17.5 Å². The highest BCUT2D eigenvalue weighted by Crippen LogP contribution is 2.47. The van der Waals surface area contributed by atoms with E-state index in [1.54, 1.807) is 18.3 Å². The SMILES string of the molecule is CC(=O)Nc1cccnc1C(=O)NC[C@@H]1C[C@H]1C1CCOCC1. The van der Waals surface area contributed by atoms with E-state index in [0.29, 0.717) is 18.2 Å². The Labute approximate surface area is 136 Å². The molecule has 1 saturated carbocycles. The van der Waals surface area contributed by atoms with Gasteiger partial charge in [-0.15, -0.1) is 0 Å². The van der Waals surface area contributed by atoms with Crippen LogP contribution in [0.1, 0.15) is 36.7 Å². The lowest BCUT2D eigenvalue weighted by molar-refractivity contribution is -0.114. The van der Waals surface area contributed by atoms with Crippen LogP contribution in [0.25, 0.3) is 0 Å². The van der Waals surface area contributed by atoms with E-state index in [0.717, 1.165) is 37.9 Å². The van der Waals surface area contributed by atoms with Crippen LogP contribution >= 0.6 is 0 Å². The molecular weight excluding hydrogens is 294 g/mol. The molecule has 23 heavy (non-hydrogen) atoms. The summed E-state index contributed by atoms with van der Waals surface area (Å²) in [4.78, 5) is 27.6. The number of ether oxygens (including phenoxy) is 1. The molecule has 3 rings (SSSR count). The van der Waals surface area contributed by atoms with E-state index >= 15 is 0 Å². The van der Waals surface area contributed by atoms with Crippen molar-refractivity contribution in [3.05, 3.63) is 24.0 Å². The summed E-state index contributed by atoms with van der Waals surface area (Å²) < 4.78 is 5.40. The van der Waals surface area contributed by atoms with Crippen LogP contribution in [0.4, 0.5) is 5.69 Å². The van der Waals surface area contributed by atoms with Crippen molar-refractivity contribution in [3.63, 3.8) is 0 Å². The normalized spacial score (nSPS) is 24.0. The third-order valence-corrected chi connectivity index (χ3v) is 4.71. The number of anilines is 1. The van der Waals surface area contributed by atoms with Crippen molar-refractivity contribution in [2.24, 2.45) is 17.8 Å². The molecular formula is C17H23N3O3. The van der Waals surface area contributed by atoms with Crippen LogP contribution in [0.15, 0.2) is 18.3 Å². The molecule has 2 atom stereocenters. The molecule has 1 aliphatic carbocycles. The highest BCUT2D eigenvalue weighted by molar-refractivity contribution is 6.01. The maximum atomic E-state index is 12.3. The summed E-state index contributed by atoms with van der Waals surface area (Å²) >= 11 is 0. The zero-order chi connectivity index (χ0) is 16.2. The van der Waals surface area contributed by atoms with Crippen molar-refractivity contribution < 1.29 is 14.3 Å². The number of nitrogens with one attached hydrogen (secondary N) is 2. The van der Waals surface area contributed by atoms with Crippen LogP contribution in [0.2, 0.25) is 0 Å². The Hall–Kier alpha value is -1.95. The fourth-order valence-corrected chi connectivity index (χ4v) is 3.41. The van der Waals surface area contributed by atoms with Crippen LogP contribution in [-0.4, -0.2) is 36.6 Å². The molecule has 0 aromatic carbocycles. The standard InChI is InChI=1S/C17H23N3O3/c1-11(21)20-15-3-2-6-18-16(15)17(22)19-10-13-9-14(13)12-4-7-23-8-5-12/h2-3,6,12-14H,4-5,7-10H2,1H3,(H,19,22)(H,20,21)/t13-,14-/m0/s1. The van der Waals surface area contributed by atoms with Gasteiger partial charge < -0.3 is 15.4 Å². The number of pyridine rings is 1. The van der Waals surface area contributed by atoms with E-state index in [9.17, 15) is 9.59 Å². The number of carbonyl (C=O) groups is 2. The number of hydrogen-bond acceptors (Lipinski definition) is 4. The molecule has 6 heteroatoms. The van der Waals surface area contributed by atoms with E-state index in [1.807, 2.05) is 0 Å². The Morgan fingerprint density at radius 3 is 2.87 bits per heavy atom. The van der Waals surface area contributed by atoms with Gasteiger partial charge in [-0.05, 0) is 49.1 Å². The minimum atomic E-state index is -0.230. The second-order valence-electron chi connectivity index (χ2n) is 6.40. The first-order chi connectivity index (χ1) is 11.1. The molecule has 6 nitrogen and oxygen atoms in total. The largest absolute Gasteiger partial charge is 0.381 e. The summed E-state index contributed by atoms with van der Waals surface area (Å²) in [5.74, 6) is 1.59. The Morgan fingerprint density at radius 1 is 1.35 bits per heavy atom.